The maximum absolute atomic E-state index is 14.0. The molecule has 158 valence electrons. The number of aromatic nitrogens is 4. The molecule has 0 aliphatic carbocycles. The van der Waals surface area contributed by atoms with Gasteiger partial charge in [-0.3, -0.25) is 9.59 Å². The molecule has 7 nitrogen and oxygen atoms in total. The Morgan fingerprint density at radius 2 is 1.84 bits per heavy atom. The lowest BCUT2D eigenvalue weighted by atomic mass is 10.1. The van der Waals surface area contributed by atoms with Crippen molar-refractivity contribution in [3.63, 3.8) is 0 Å². The van der Waals surface area contributed by atoms with Crippen LogP contribution in [0.15, 0.2) is 59.8 Å². The second-order valence-electron chi connectivity index (χ2n) is 7.42. The van der Waals surface area contributed by atoms with E-state index in [1.165, 1.54) is 10.8 Å². The van der Waals surface area contributed by atoms with E-state index in [0.717, 1.165) is 17.7 Å². The maximum Gasteiger partial charge on any atom is 0.256 e. The van der Waals surface area contributed by atoms with Crippen molar-refractivity contribution in [2.45, 2.75) is 26.4 Å². The van der Waals surface area contributed by atoms with Gasteiger partial charge in [0.15, 0.2) is 11.6 Å². The number of hydrogen-bond acceptors (Lipinski definition) is 4. The number of nitrogens with zero attached hydrogens (tertiary/aromatic N) is 4. The minimum atomic E-state index is -1.15. The van der Waals surface area contributed by atoms with Gasteiger partial charge >= 0.3 is 0 Å². The summed E-state index contributed by atoms with van der Waals surface area (Å²) in [5.41, 5.74) is 0.866. The predicted octanol–water partition coefficient (Wildman–Crippen LogP) is 3.05. The van der Waals surface area contributed by atoms with Crippen molar-refractivity contribution in [2.24, 2.45) is 0 Å². The van der Waals surface area contributed by atoms with Gasteiger partial charge in [-0.1, -0.05) is 17.3 Å². The number of benzene rings is 2. The molecule has 0 aliphatic rings. The highest BCUT2D eigenvalue weighted by molar-refractivity contribution is 5.97. The van der Waals surface area contributed by atoms with Crippen LogP contribution in [0.1, 0.15) is 29.8 Å². The SMILES string of the molecule is CC(C)NC(=O)c1cn(-c2ccc(Cn3ccnn3)cc2)c2cc(F)c(F)cc2c1=O. The van der Waals surface area contributed by atoms with Gasteiger partial charge in [-0.05, 0) is 37.6 Å². The monoisotopic (exact) mass is 423 g/mol. The highest BCUT2D eigenvalue weighted by Crippen LogP contribution is 2.21. The number of amides is 1. The minimum absolute atomic E-state index is 0.0815. The molecule has 31 heavy (non-hydrogen) atoms. The van der Waals surface area contributed by atoms with Crippen molar-refractivity contribution in [3.8, 4) is 5.69 Å². The number of pyridine rings is 1. The van der Waals surface area contributed by atoms with Crippen LogP contribution in [0, 0.1) is 11.6 Å². The van der Waals surface area contributed by atoms with Crippen molar-refractivity contribution in [3.05, 3.63) is 88.0 Å². The molecule has 2 aromatic carbocycles. The summed E-state index contributed by atoms with van der Waals surface area (Å²) in [5.74, 6) is -2.81. The molecule has 4 aromatic rings. The Hall–Kier alpha value is -3.88. The van der Waals surface area contributed by atoms with E-state index in [2.05, 4.69) is 15.6 Å². The molecule has 2 aromatic heterocycles. The fourth-order valence-corrected chi connectivity index (χ4v) is 3.30. The first-order chi connectivity index (χ1) is 14.8. The lowest BCUT2D eigenvalue weighted by molar-refractivity contribution is 0.0941. The van der Waals surface area contributed by atoms with E-state index in [-0.39, 0.29) is 22.5 Å². The maximum atomic E-state index is 14.0. The number of hydrogen-bond donors (Lipinski definition) is 1. The molecule has 0 saturated heterocycles. The van der Waals surface area contributed by atoms with Crippen LogP contribution in [0.25, 0.3) is 16.6 Å². The molecule has 0 spiro atoms. The highest BCUT2D eigenvalue weighted by Gasteiger charge is 2.19. The molecule has 0 unspecified atom stereocenters. The van der Waals surface area contributed by atoms with Crippen LogP contribution in [0.5, 0.6) is 0 Å². The molecule has 0 atom stereocenters. The molecule has 1 N–H and O–H groups in total. The van der Waals surface area contributed by atoms with Gasteiger partial charge in [0.25, 0.3) is 5.91 Å². The topological polar surface area (TPSA) is 81.8 Å². The van der Waals surface area contributed by atoms with Crippen molar-refractivity contribution < 1.29 is 13.6 Å². The van der Waals surface area contributed by atoms with Gasteiger partial charge in [-0.2, -0.15) is 0 Å². The summed E-state index contributed by atoms with van der Waals surface area (Å²) in [7, 11) is 0. The summed E-state index contributed by atoms with van der Waals surface area (Å²) in [6.07, 6.45) is 4.67. The Morgan fingerprint density at radius 3 is 2.48 bits per heavy atom. The zero-order valence-corrected chi connectivity index (χ0v) is 16.8. The average Bonchev–Trinajstić information content (AvgIpc) is 3.23. The van der Waals surface area contributed by atoms with E-state index in [9.17, 15) is 18.4 Å². The quantitative estimate of drug-likeness (QED) is 0.535. The Morgan fingerprint density at radius 1 is 1.13 bits per heavy atom. The summed E-state index contributed by atoms with van der Waals surface area (Å²) in [6, 6.07) is 8.80. The molecular weight excluding hydrogens is 404 g/mol. The van der Waals surface area contributed by atoms with E-state index in [0.29, 0.717) is 12.2 Å². The van der Waals surface area contributed by atoms with Crippen LogP contribution in [0.2, 0.25) is 0 Å². The van der Waals surface area contributed by atoms with Crippen LogP contribution < -0.4 is 10.7 Å². The zero-order valence-electron chi connectivity index (χ0n) is 16.8. The van der Waals surface area contributed by atoms with Gasteiger partial charge in [-0.15, -0.1) is 5.10 Å². The van der Waals surface area contributed by atoms with Crippen LogP contribution in [-0.2, 0) is 6.54 Å². The van der Waals surface area contributed by atoms with Crippen LogP contribution in [-0.4, -0.2) is 31.5 Å². The first kappa shape index (κ1) is 20.4. The van der Waals surface area contributed by atoms with Crippen molar-refractivity contribution in [1.29, 1.82) is 0 Å². The van der Waals surface area contributed by atoms with Gasteiger partial charge in [0.1, 0.15) is 5.56 Å². The van der Waals surface area contributed by atoms with Gasteiger partial charge in [0.05, 0.1) is 18.3 Å². The molecule has 0 bridgehead atoms. The summed E-state index contributed by atoms with van der Waals surface area (Å²) in [4.78, 5) is 25.4. The van der Waals surface area contributed by atoms with Gasteiger partial charge < -0.3 is 9.88 Å². The number of carbonyl (C=O) groups excluding carboxylic acids is 1. The molecule has 0 radical (unpaired) electrons. The Bertz CT molecular complexity index is 1310. The van der Waals surface area contributed by atoms with E-state index < -0.39 is 23.0 Å². The van der Waals surface area contributed by atoms with Crippen LogP contribution >= 0.6 is 0 Å². The Kier molecular flexibility index (Phi) is 5.33. The number of halogens is 2. The fraction of sp³-hybridized carbons (Fsp3) is 0.182. The summed E-state index contributed by atoms with van der Waals surface area (Å²) >= 11 is 0. The standard InChI is InChI=1S/C22H19F2N5O2/c1-13(2)26-22(31)17-12-29(20-10-19(24)18(23)9-16(20)21(17)30)15-5-3-14(4-6-15)11-28-8-7-25-27-28/h3-10,12-13H,11H2,1-2H3,(H,26,31). The summed E-state index contributed by atoms with van der Waals surface area (Å²) < 4.78 is 31.1. The van der Waals surface area contributed by atoms with E-state index in [4.69, 9.17) is 0 Å². The second-order valence-corrected chi connectivity index (χ2v) is 7.42. The minimum Gasteiger partial charge on any atom is -0.350 e. The summed E-state index contributed by atoms with van der Waals surface area (Å²) in [5, 5.41) is 10.3. The van der Waals surface area contributed by atoms with Gasteiger partial charge in [0, 0.05) is 35.6 Å². The lowest BCUT2D eigenvalue weighted by Gasteiger charge is -2.15. The molecular formula is C22H19F2N5O2. The third-order valence-corrected chi connectivity index (χ3v) is 4.74. The average molecular weight is 423 g/mol. The summed E-state index contributed by atoms with van der Waals surface area (Å²) in [6.45, 7) is 4.04. The predicted molar refractivity (Wildman–Crippen MR) is 111 cm³/mol. The first-order valence-electron chi connectivity index (χ1n) is 9.62. The number of rotatable bonds is 5. The lowest BCUT2D eigenvalue weighted by Crippen LogP contribution is -2.34. The normalized spacial score (nSPS) is 11.3. The fourth-order valence-electron chi connectivity index (χ4n) is 3.30. The first-order valence-corrected chi connectivity index (χ1v) is 9.62. The third kappa shape index (κ3) is 4.07. The Balaban J connectivity index is 1.85. The largest absolute Gasteiger partial charge is 0.350 e. The van der Waals surface area contributed by atoms with Gasteiger partial charge in [-0.25, -0.2) is 13.5 Å². The van der Waals surface area contributed by atoms with E-state index >= 15 is 0 Å². The second kappa shape index (κ2) is 8.10. The smallest absolute Gasteiger partial charge is 0.256 e. The number of carbonyl (C=O) groups is 1. The molecule has 0 fully saturated rings. The Labute approximate surface area is 175 Å². The number of nitrogens with one attached hydrogen (secondary N) is 1. The third-order valence-electron chi connectivity index (χ3n) is 4.74. The molecule has 4 rings (SSSR count). The van der Waals surface area contributed by atoms with Crippen molar-refractivity contribution in [1.82, 2.24) is 24.9 Å². The van der Waals surface area contributed by atoms with Crippen molar-refractivity contribution in [2.75, 3.05) is 0 Å². The molecule has 0 aliphatic heterocycles. The van der Waals surface area contributed by atoms with E-state index in [1.807, 2.05) is 12.1 Å². The van der Waals surface area contributed by atoms with Crippen LogP contribution in [0.3, 0.4) is 0 Å². The zero-order chi connectivity index (χ0) is 22.1. The molecule has 1 amide bonds. The van der Waals surface area contributed by atoms with Gasteiger partial charge in [0.2, 0.25) is 5.43 Å². The van der Waals surface area contributed by atoms with E-state index in [1.54, 1.807) is 43.1 Å². The molecule has 9 heteroatoms. The van der Waals surface area contributed by atoms with Crippen molar-refractivity contribution >= 4 is 16.8 Å². The van der Waals surface area contributed by atoms with Crippen LogP contribution in [0.4, 0.5) is 8.78 Å². The molecule has 2 heterocycles. The number of fused-ring (bicyclic) bond motifs is 1. The highest BCUT2D eigenvalue weighted by atomic mass is 19.2. The molecule has 0 saturated carbocycles.